The molecule has 192 valence electrons. The summed E-state index contributed by atoms with van der Waals surface area (Å²) in [6.45, 7) is 2.79. The Morgan fingerprint density at radius 1 is 1.19 bits per heavy atom. The number of rotatable bonds is 8. The van der Waals surface area contributed by atoms with E-state index in [2.05, 4.69) is 15.4 Å². The smallest absolute Gasteiger partial charge is 0.324 e. The van der Waals surface area contributed by atoms with Gasteiger partial charge in [-0.2, -0.15) is 23.0 Å². The van der Waals surface area contributed by atoms with Crippen LogP contribution in [-0.2, 0) is 21.2 Å². The highest BCUT2D eigenvalue weighted by Crippen LogP contribution is 2.27. The largest absolute Gasteiger partial charge is 0.405 e. The lowest BCUT2D eigenvalue weighted by Gasteiger charge is -2.22. The van der Waals surface area contributed by atoms with Crippen LogP contribution in [0.25, 0.3) is 0 Å². The maximum absolute atomic E-state index is 13.7. The lowest BCUT2D eigenvalue weighted by Crippen LogP contribution is -2.47. The number of carbonyl (C=O) groups excluding carboxylic acids is 1. The molecule has 0 aliphatic carbocycles. The summed E-state index contributed by atoms with van der Waals surface area (Å²) in [5, 5.41) is 6.33. The average molecular weight is 544 g/mol. The number of aryl methyl sites for hydroxylation is 1. The van der Waals surface area contributed by atoms with E-state index < -0.39 is 51.1 Å². The van der Waals surface area contributed by atoms with Gasteiger partial charge in [-0.05, 0) is 43.7 Å². The van der Waals surface area contributed by atoms with E-state index in [1.54, 1.807) is 4.72 Å². The first-order valence-electron chi connectivity index (χ1n) is 10.4. The standard InChI is InChI=1S/C22H21ClF3N5O4S/c1-13-6-7-17(29-21(33)14(2)31-20(32)9-15(23)12-28-31)10-18(13)36(34,35)30-19(22(24,25)26)11-16-5-3-4-8-27-16/h3-10,12,14,19,30H,11H2,1-2H3,(H,29,33)/t14-,19-/m1/s1. The number of nitrogens with zero attached hydrogens (tertiary/aromatic N) is 3. The number of benzene rings is 1. The van der Waals surface area contributed by atoms with Crippen LogP contribution in [0, 0.1) is 6.92 Å². The highest BCUT2D eigenvalue weighted by molar-refractivity contribution is 7.89. The van der Waals surface area contributed by atoms with Crippen molar-refractivity contribution in [3.63, 3.8) is 0 Å². The first-order valence-corrected chi connectivity index (χ1v) is 12.3. The second-order valence-electron chi connectivity index (χ2n) is 7.84. The first kappa shape index (κ1) is 27.3. The molecule has 0 fully saturated rings. The summed E-state index contributed by atoms with van der Waals surface area (Å²) in [6.07, 6.45) is -3.11. The summed E-state index contributed by atoms with van der Waals surface area (Å²) >= 11 is 5.70. The van der Waals surface area contributed by atoms with Gasteiger partial charge in [-0.25, -0.2) is 13.1 Å². The number of halogens is 4. The van der Waals surface area contributed by atoms with E-state index in [0.717, 1.165) is 16.8 Å². The van der Waals surface area contributed by atoms with Gasteiger partial charge in [0.2, 0.25) is 15.9 Å². The molecule has 0 unspecified atom stereocenters. The van der Waals surface area contributed by atoms with Crippen LogP contribution in [-0.4, -0.2) is 41.3 Å². The molecule has 0 saturated heterocycles. The van der Waals surface area contributed by atoms with E-state index in [1.165, 1.54) is 56.6 Å². The Kier molecular flexibility index (Phi) is 8.16. The second-order valence-corrected chi connectivity index (χ2v) is 9.96. The fourth-order valence-corrected chi connectivity index (χ4v) is 4.84. The monoisotopic (exact) mass is 543 g/mol. The predicted octanol–water partition coefficient (Wildman–Crippen LogP) is 3.25. The highest BCUT2D eigenvalue weighted by atomic mass is 35.5. The Morgan fingerprint density at radius 3 is 2.53 bits per heavy atom. The Morgan fingerprint density at radius 2 is 1.92 bits per heavy atom. The minimum absolute atomic E-state index is 0.00637. The van der Waals surface area contributed by atoms with Gasteiger partial charge in [-0.3, -0.25) is 14.6 Å². The van der Waals surface area contributed by atoms with Gasteiger partial charge < -0.3 is 5.32 Å². The van der Waals surface area contributed by atoms with Crippen LogP contribution in [0.5, 0.6) is 0 Å². The van der Waals surface area contributed by atoms with E-state index >= 15 is 0 Å². The van der Waals surface area contributed by atoms with Crippen molar-refractivity contribution in [2.24, 2.45) is 0 Å². The zero-order valence-electron chi connectivity index (χ0n) is 19.0. The number of pyridine rings is 1. The zero-order valence-corrected chi connectivity index (χ0v) is 20.5. The normalized spacial score (nSPS) is 13.7. The SMILES string of the molecule is Cc1ccc(NC(=O)[C@@H](C)n2ncc(Cl)cc2=O)cc1S(=O)(=O)N[C@H](Cc1ccccn1)C(F)(F)F. The van der Waals surface area contributed by atoms with Crippen LogP contribution < -0.4 is 15.6 Å². The fraction of sp³-hybridized carbons (Fsp3) is 0.273. The number of anilines is 1. The number of nitrogens with one attached hydrogen (secondary N) is 2. The van der Waals surface area contributed by atoms with Crippen molar-refractivity contribution in [1.82, 2.24) is 19.5 Å². The molecule has 3 rings (SSSR count). The maximum atomic E-state index is 13.7. The quantitative estimate of drug-likeness (QED) is 0.449. The van der Waals surface area contributed by atoms with Crippen molar-refractivity contribution in [2.45, 2.75) is 43.4 Å². The average Bonchev–Trinajstić information content (AvgIpc) is 2.79. The van der Waals surface area contributed by atoms with E-state index in [1.807, 2.05) is 0 Å². The molecule has 0 spiro atoms. The fourth-order valence-electron chi connectivity index (χ4n) is 3.21. The molecule has 1 amide bonds. The minimum Gasteiger partial charge on any atom is -0.324 e. The summed E-state index contributed by atoms with van der Waals surface area (Å²) in [4.78, 5) is 28.1. The molecule has 0 aliphatic rings. The van der Waals surface area contributed by atoms with Crippen LogP contribution in [0.3, 0.4) is 0 Å². The topological polar surface area (TPSA) is 123 Å². The third-order valence-electron chi connectivity index (χ3n) is 5.12. The number of amides is 1. The Labute approximate surface area is 209 Å². The van der Waals surface area contributed by atoms with E-state index in [9.17, 15) is 31.2 Å². The predicted molar refractivity (Wildman–Crippen MR) is 126 cm³/mol. The van der Waals surface area contributed by atoms with Crippen molar-refractivity contribution in [1.29, 1.82) is 0 Å². The van der Waals surface area contributed by atoms with Crippen LogP contribution >= 0.6 is 11.6 Å². The van der Waals surface area contributed by atoms with Gasteiger partial charge in [-0.1, -0.05) is 23.7 Å². The van der Waals surface area contributed by atoms with Gasteiger partial charge in [0, 0.05) is 30.1 Å². The molecule has 2 atom stereocenters. The minimum atomic E-state index is -4.89. The van der Waals surface area contributed by atoms with Gasteiger partial charge in [0.05, 0.1) is 16.1 Å². The second kappa shape index (κ2) is 10.8. The Hall–Kier alpha value is -3.29. The zero-order chi connectivity index (χ0) is 26.7. The van der Waals surface area contributed by atoms with Crippen LogP contribution in [0.4, 0.5) is 18.9 Å². The maximum Gasteiger partial charge on any atom is 0.405 e. The van der Waals surface area contributed by atoms with Crippen molar-refractivity contribution in [3.8, 4) is 0 Å². The van der Waals surface area contributed by atoms with Gasteiger partial charge in [0.15, 0.2) is 0 Å². The molecule has 9 nitrogen and oxygen atoms in total. The molecule has 14 heteroatoms. The lowest BCUT2D eigenvalue weighted by atomic mass is 10.1. The molecular weight excluding hydrogens is 523 g/mol. The molecule has 0 bridgehead atoms. The number of hydrogen-bond acceptors (Lipinski definition) is 6. The van der Waals surface area contributed by atoms with Crippen LogP contribution in [0.15, 0.2) is 64.5 Å². The molecule has 0 radical (unpaired) electrons. The van der Waals surface area contributed by atoms with Crippen molar-refractivity contribution in [2.75, 3.05) is 5.32 Å². The van der Waals surface area contributed by atoms with Crippen molar-refractivity contribution in [3.05, 3.63) is 81.5 Å². The molecule has 2 N–H and O–H groups in total. The molecule has 1 aromatic carbocycles. The Balaban J connectivity index is 1.85. The summed E-state index contributed by atoms with van der Waals surface area (Å²) in [5.74, 6) is -0.713. The summed E-state index contributed by atoms with van der Waals surface area (Å²) in [6, 6.07) is 5.68. The molecule has 36 heavy (non-hydrogen) atoms. The summed E-state index contributed by atoms with van der Waals surface area (Å²) in [7, 11) is -4.67. The third-order valence-corrected chi connectivity index (χ3v) is 6.94. The van der Waals surface area contributed by atoms with Crippen molar-refractivity contribution < 1.29 is 26.4 Å². The van der Waals surface area contributed by atoms with Gasteiger partial charge in [0.1, 0.15) is 12.1 Å². The highest BCUT2D eigenvalue weighted by Gasteiger charge is 2.42. The van der Waals surface area contributed by atoms with E-state index in [0.29, 0.717) is 0 Å². The van der Waals surface area contributed by atoms with Crippen LogP contribution in [0.2, 0.25) is 5.02 Å². The number of sulfonamides is 1. The van der Waals surface area contributed by atoms with E-state index in [4.69, 9.17) is 11.6 Å². The number of hydrogen-bond donors (Lipinski definition) is 2. The lowest BCUT2D eigenvalue weighted by molar-refractivity contribution is -0.151. The van der Waals surface area contributed by atoms with Gasteiger partial charge in [0.25, 0.3) is 5.56 Å². The molecule has 0 saturated carbocycles. The summed E-state index contributed by atoms with van der Waals surface area (Å²) in [5.41, 5.74) is -0.427. The van der Waals surface area contributed by atoms with E-state index in [-0.39, 0.29) is 22.0 Å². The van der Waals surface area contributed by atoms with Crippen molar-refractivity contribution >= 4 is 33.2 Å². The van der Waals surface area contributed by atoms with Crippen LogP contribution in [0.1, 0.15) is 24.2 Å². The Bertz CT molecular complexity index is 1420. The molecule has 2 heterocycles. The summed E-state index contributed by atoms with van der Waals surface area (Å²) < 4.78 is 69.5. The molecular formula is C22H21ClF3N5O4S. The first-order chi connectivity index (χ1) is 16.8. The number of aromatic nitrogens is 3. The van der Waals surface area contributed by atoms with Gasteiger partial charge in [-0.15, -0.1) is 0 Å². The molecule has 3 aromatic rings. The molecule has 2 aromatic heterocycles. The van der Waals surface area contributed by atoms with Gasteiger partial charge >= 0.3 is 6.18 Å². The molecule has 0 aliphatic heterocycles. The number of carbonyl (C=O) groups is 1. The number of alkyl halides is 3. The third kappa shape index (κ3) is 6.68.